The van der Waals surface area contributed by atoms with Crippen molar-refractivity contribution in [2.24, 2.45) is 0 Å². The van der Waals surface area contributed by atoms with Gasteiger partial charge >= 0.3 is 0 Å². The maximum atomic E-state index is 14.0. The van der Waals surface area contributed by atoms with Gasteiger partial charge in [0.05, 0.1) is 36.4 Å². The number of likely N-dealkylation sites (N-methyl/N-ethyl adjacent to an activating group) is 1. The van der Waals surface area contributed by atoms with Gasteiger partial charge in [0, 0.05) is 29.3 Å². The van der Waals surface area contributed by atoms with Crippen LogP contribution in [0, 0.1) is 11.6 Å². The second kappa shape index (κ2) is 6.74. The molecule has 2 aromatic carbocycles. The van der Waals surface area contributed by atoms with Gasteiger partial charge < -0.3 is 14.6 Å². The lowest BCUT2D eigenvalue weighted by Gasteiger charge is -2.34. The summed E-state index contributed by atoms with van der Waals surface area (Å²) in [4.78, 5) is 29.7. The molecule has 0 fully saturated rings. The molecule has 1 aliphatic rings. The molecule has 0 saturated heterocycles. The Morgan fingerprint density at radius 2 is 1.97 bits per heavy atom. The van der Waals surface area contributed by atoms with Crippen LogP contribution in [0.5, 0.6) is 0 Å². The summed E-state index contributed by atoms with van der Waals surface area (Å²) in [5.74, 6) is -2.44. The van der Waals surface area contributed by atoms with E-state index in [2.05, 4.69) is 15.2 Å². The molecule has 1 atom stereocenters. The number of aromatic amines is 2. The maximum absolute atomic E-state index is 14.0. The van der Waals surface area contributed by atoms with E-state index >= 15 is 0 Å². The molecule has 0 saturated carbocycles. The Morgan fingerprint density at radius 1 is 1.20 bits per heavy atom. The number of nitrogens with zero attached hydrogens (tertiary/aromatic N) is 2. The molecule has 2 aromatic heterocycles. The van der Waals surface area contributed by atoms with E-state index in [4.69, 9.17) is 4.74 Å². The Hall–Kier alpha value is -3.59. The molecule has 30 heavy (non-hydrogen) atoms. The van der Waals surface area contributed by atoms with E-state index in [1.54, 1.807) is 31.4 Å². The number of rotatable bonds is 2. The van der Waals surface area contributed by atoms with Gasteiger partial charge in [-0.2, -0.15) is 5.10 Å². The standard InChI is InChI=1S/C21H16F2N4O3/c1-27(21(29)10-2-3-11-7-24-26-16(11)4-10)18-9-30-8-17-19(18)12-5-14(22)15(23)6-13(12)20(28)25-17/h2-7,18H,8-9H2,1H3,(H,24,26)(H,25,28). The van der Waals surface area contributed by atoms with Gasteiger partial charge in [-0.05, 0) is 29.7 Å². The summed E-state index contributed by atoms with van der Waals surface area (Å²) >= 11 is 0. The van der Waals surface area contributed by atoms with E-state index in [0.717, 1.165) is 23.0 Å². The van der Waals surface area contributed by atoms with E-state index in [1.807, 2.05) is 0 Å². The van der Waals surface area contributed by atoms with Crippen LogP contribution in [0.4, 0.5) is 8.78 Å². The fourth-order valence-corrected chi connectivity index (χ4v) is 3.96. The number of carbonyl (C=O) groups excluding carboxylic acids is 1. The Labute approximate surface area is 168 Å². The molecule has 5 rings (SSSR count). The number of H-pyrrole nitrogens is 2. The first-order chi connectivity index (χ1) is 14.4. The maximum Gasteiger partial charge on any atom is 0.256 e. The zero-order valence-corrected chi connectivity index (χ0v) is 15.8. The summed E-state index contributed by atoms with van der Waals surface area (Å²) < 4.78 is 33.3. The van der Waals surface area contributed by atoms with Crippen molar-refractivity contribution < 1.29 is 18.3 Å². The number of carbonyl (C=O) groups is 1. The van der Waals surface area contributed by atoms with Crippen LogP contribution in [-0.2, 0) is 11.3 Å². The van der Waals surface area contributed by atoms with Crippen molar-refractivity contribution >= 4 is 27.6 Å². The minimum atomic E-state index is -1.10. The third kappa shape index (κ3) is 2.78. The molecule has 3 heterocycles. The summed E-state index contributed by atoms with van der Waals surface area (Å²) in [6.45, 7) is 0.264. The number of fused-ring (bicyclic) bond motifs is 4. The highest BCUT2D eigenvalue weighted by Gasteiger charge is 2.31. The predicted octanol–water partition coefficient (Wildman–Crippen LogP) is 3.03. The average Bonchev–Trinajstić information content (AvgIpc) is 3.21. The highest BCUT2D eigenvalue weighted by Crippen LogP contribution is 2.34. The van der Waals surface area contributed by atoms with Crippen LogP contribution in [0.25, 0.3) is 21.7 Å². The summed E-state index contributed by atoms with van der Waals surface area (Å²) in [5, 5.41) is 7.95. The topological polar surface area (TPSA) is 91.1 Å². The zero-order valence-electron chi connectivity index (χ0n) is 15.8. The van der Waals surface area contributed by atoms with Crippen molar-refractivity contribution in [1.82, 2.24) is 20.1 Å². The van der Waals surface area contributed by atoms with Crippen molar-refractivity contribution in [2.75, 3.05) is 13.7 Å². The molecule has 1 unspecified atom stereocenters. The van der Waals surface area contributed by atoms with Gasteiger partial charge in [-0.25, -0.2) is 8.78 Å². The molecule has 152 valence electrons. The minimum absolute atomic E-state index is 0.0271. The fourth-order valence-electron chi connectivity index (χ4n) is 3.96. The van der Waals surface area contributed by atoms with Crippen LogP contribution in [-0.4, -0.2) is 39.6 Å². The lowest BCUT2D eigenvalue weighted by atomic mass is 9.95. The number of benzene rings is 2. The van der Waals surface area contributed by atoms with Crippen molar-refractivity contribution in [2.45, 2.75) is 12.6 Å². The van der Waals surface area contributed by atoms with E-state index in [0.29, 0.717) is 16.8 Å². The lowest BCUT2D eigenvalue weighted by Crippen LogP contribution is -2.37. The van der Waals surface area contributed by atoms with Crippen molar-refractivity contribution in [3.63, 3.8) is 0 Å². The number of aromatic nitrogens is 3. The molecule has 0 radical (unpaired) electrons. The molecule has 9 heteroatoms. The zero-order chi connectivity index (χ0) is 21.0. The van der Waals surface area contributed by atoms with Gasteiger partial charge in [-0.15, -0.1) is 0 Å². The monoisotopic (exact) mass is 410 g/mol. The molecular formula is C21H16F2N4O3. The largest absolute Gasteiger partial charge is 0.373 e. The van der Waals surface area contributed by atoms with E-state index in [-0.39, 0.29) is 29.9 Å². The number of halogens is 2. The molecule has 0 aliphatic carbocycles. The molecule has 0 spiro atoms. The average molecular weight is 410 g/mol. The first-order valence-electron chi connectivity index (χ1n) is 9.26. The molecule has 7 nitrogen and oxygen atoms in total. The quantitative estimate of drug-likeness (QED) is 0.532. The summed E-state index contributed by atoms with van der Waals surface area (Å²) in [5.41, 5.74) is 1.62. The van der Waals surface area contributed by atoms with Crippen molar-refractivity contribution in [3.05, 3.63) is 75.3 Å². The van der Waals surface area contributed by atoms with Gasteiger partial charge in [-0.1, -0.05) is 6.07 Å². The number of nitrogens with one attached hydrogen (secondary N) is 2. The summed E-state index contributed by atoms with van der Waals surface area (Å²) in [7, 11) is 1.61. The van der Waals surface area contributed by atoms with Gasteiger partial charge in [-0.3, -0.25) is 14.7 Å². The summed E-state index contributed by atoms with van der Waals surface area (Å²) in [6.07, 6.45) is 1.66. The fraction of sp³-hybridized carbons (Fsp3) is 0.190. The SMILES string of the molecule is CN(C(=O)c1ccc2cn[nH]c2c1)C1COCc2[nH]c(=O)c3cc(F)c(F)cc3c21. The van der Waals surface area contributed by atoms with Crippen molar-refractivity contribution in [3.8, 4) is 0 Å². The lowest BCUT2D eigenvalue weighted by molar-refractivity contribution is 0.0336. The predicted molar refractivity (Wildman–Crippen MR) is 105 cm³/mol. The number of amides is 1. The highest BCUT2D eigenvalue weighted by atomic mass is 19.2. The highest BCUT2D eigenvalue weighted by molar-refractivity contribution is 5.98. The summed E-state index contributed by atoms with van der Waals surface area (Å²) in [6, 6.07) is 6.47. The second-order valence-electron chi connectivity index (χ2n) is 7.28. The van der Waals surface area contributed by atoms with Crippen LogP contribution in [0.2, 0.25) is 0 Å². The Bertz CT molecular complexity index is 1380. The number of pyridine rings is 1. The number of hydrogen-bond acceptors (Lipinski definition) is 4. The first-order valence-corrected chi connectivity index (χ1v) is 9.26. The molecule has 0 bridgehead atoms. The smallest absolute Gasteiger partial charge is 0.256 e. The van der Waals surface area contributed by atoms with Gasteiger partial charge in [0.15, 0.2) is 11.6 Å². The third-order valence-corrected chi connectivity index (χ3v) is 5.52. The van der Waals surface area contributed by atoms with Crippen LogP contribution < -0.4 is 5.56 Å². The Kier molecular flexibility index (Phi) is 4.14. The van der Waals surface area contributed by atoms with Crippen LogP contribution in [0.3, 0.4) is 0 Å². The van der Waals surface area contributed by atoms with E-state index in [1.165, 1.54) is 4.90 Å². The number of hydrogen-bond donors (Lipinski definition) is 2. The minimum Gasteiger partial charge on any atom is -0.373 e. The molecule has 1 aliphatic heterocycles. The third-order valence-electron chi connectivity index (χ3n) is 5.52. The van der Waals surface area contributed by atoms with E-state index in [9.17, 15) is 18.4 Å². The molecular weight excluding hydrogens is 394 g/mol. The van der Waals surface area contributed by atoms with Gasteiger partial charge in [0.25, 0.3) is 11.5 Å². The normalized spacial score (nSPS) is 16.0. The Morgan fingerprint density at radius 3 is 2.77 bits per heavy atom. The van der Waals surface area contributed by atoms with Gasteiger partial charge in [0.1, 0.15) is 0 Å². The molecule has 4 aromatic rings. The molecule has 2 N–H and O–H groups in total. The van der Waals surface area contributed by atoms with Crippen molar-refractivity contribution in [1.29, 1.82) is 0 Å². The Balaban J connectivity index is 1.62. The first kappa shape index (κ1) is 18.4. The van der Waals surface area contributed by atoms with E-state index < -0.39 is 23.2 Å². The van der Waals surface area contributed by atoms with Crippen LogP contribution in [0.15, 0.2) is 41.3 Å². The number of ether oxygens (including phenoxy) is 1. The molecule has 1 amide bonds. The van der Waals surface area contributed by atoms with Crippen LogP contribution >= 0.6 is 0 Å². The van der Waals surface area contributed by atoms with Gasteiger partial charge in [0.2, 0.25) is 0 Å². The second-order valence-corrected chi connectivity index (χ2v) is 7.28. The van der Waals surface area contributed by atoms with Crippen LogP contribution in [0.1, 0.15) is 27.7 Å².